The molecule has 2 saturated carbocycles. The van der Waals surface area contributed by atoms with E-state index in [1.165, 1.54) is 6.92 Å². The number of carbonyl (C=O) groups is 1. The van der Waals surface area contributed by atoms with Gasteiger partial charge < -0.3 is 15.6 Å². The number of nitrogens with one attached hydrogen (secondary N) is 1. The van der Waals surface area contributed by atoms with Crippen molar-refractivity contribution in [2.75, 3.05) is 5.73 Å². The van der Waals surface area contributed by atoms with Crippen LogP contribution in [0.15, 0.2) is 18.2 Å². The molecule has 0 aliphatic heterocycles. The molecule has 2 heterocycles. The number of halogens is 5. The molecular formula is C23H21ClF4N4O. The Labute approximate surface area is 191 Å². The van der Waals surface area contributed by atoms with Gasteiger partial charge in [-0.2, -0.15) is 13.2 Å². The predicted octanol–water partition coefficient (Wildman–Crippen LogP) is 5.95. The minimum absolute atomic E-state index is 0.0128. The lowest BCUT2D eigenvalue weighted by Gasteiger charge is -2.18. The summed E-state index contributed by atoms with van der Waals surface area (Å²) >= 11 is 5.93. The fourth-order valence-corrected chi connectivity index (χ4v) is 4.72. The van der Waals surface area contributed by atoms with Crippen molar-refractivity contribution in [2.24, 2.45) is 0 Å². The third kappa shape index (κ3) is 3.92. The molecule has 0 spiro atoms. The van der Waals surface area contributed by atoms with Crippen molar-refractivity contribution in [3.63, 3.8) is 0 Å². The fraction of sp³-hybridized carbons (Fsp3) is 0.391. The highest BCUT2D eigenvalue weighted by Crippen LogP contribution is 2.49. The quantitative estimate of drug-likeness (QED) is 0.350. The smallest absolute Gasteiger partial charge is 0.399 e. The van der Waals surface area contributed by atoms with E-state index in [2.05, 4.69) is 10.3 Å². The summed E-state index contributed by atoms with van der Waals surface area (Å²) in [6.07, 6.45) is -1.52. The number of hydrogen-bond donors (Lipinski definition) is 2. The lowest BCUT2D eigenvalue weighted by molar-refractivity contribution is -0.137. The third-order valence-corrected chi connectivity index (χ3v) is 6.38. The highest BCUT2D eigenvalue weighted by atomic mass is 35.5. The number of fused-ring (bicyclic) bond motifs is 1. The van der Waals surface area contributed by atoms with Crippen LogP contribution in [0.3, 0.4) is 0 Å². The van der Waals surface area contributed by atoms with Gasteiger partial charge in [0.15, 0.2) is 5.82 Å². The van der Waals surface area contributed by atoms with Gasteiger partial charge in [0.05, 0.1) is 28.3 Å². The SMILES string of the molecule is CC(=O)NCc1cc2c(C3CC3)nc(-c3cc(N)cc(Cl)c3C(F)(F)F)c(F)c2n1C1CC1. The minimum Gasteiger partial charge on any atom is -0.399 e. The van der Waals surface area contributed by atoms with Gasteiger partial charge >= 0.3 is 6.18 Å². The molecule has 2 aromatic heterocycles. The van der Waals surface area contributed by atoms with Crippen LogP contribution in [0.1, 0.15) is 61.5 Å². The number of alkyl halides is 3. The first kappa shape index (κ1) is 22.0. The third-order valence-electron chi connectivity index (χ3n) is 6.09. The number of rotatable bonds is 5. The Kier molecular flexibility index (Phi) is 5.08. The molecular weight excluding hydrogens is 460 g/mol. The lowest BCUT2D eigenvalue weighted by Crippen LogP contribution is -2.20. The van der Waals surface area contributed by atoms with Crippen LogP contribution in [0.2, 0.25) is 5.02 Å². The van der Waals surface area contributed by atoms with E-state index < -0.39 is 33.8 Å². The minimum atomic E-state index is -4.82. The molecule has 1 amide bonds. The first-order chi connectivity index (χ1) is 15.6. The van der Waals surface area contributed by atoms with E-state index in [0.717, 1.165) is 37.8 Å². The Morgan fingerprint density at radius 2 is 1.94 bits per heavy atom. The number of amides is 1. The van der Waals surface area contributed by atoms with Gasteiger partial charge in [0.2, 0.25) is 5.91 Å². The van der Waals surface area contributed by atoms with Gasteiger partial charge in [0.25, 0.3) is 0 Å². The second-order valence-corrected chi connectivity index (χ2v) is 9.17. The number of aromatic nitrogens is 2. The van der Waals surface area contributed by atoms with Crippen LogP contribution in [0, 0.1) is 5.82 Å². The molecule has 2 aliphatic rings. The number of nitrogens with zero attached hydrogens (tertiary/aromatic N) is 2. The van der Waals surface area contributed by atoms with Crippen molar-refractivity contribution in [3.8, 4) is 11.3 Å². The van der Waals surface area contributed by atoms with Crippen LogP contribution in [0.5, 0.6) is 0 Å². The van der Waals surface area contributed by atoms with Crippen molar-refractivity contribution < 1.29 is 22.4 Å². The summed E-state index contributed by atoms with van der Waals surface area (Å²) in [7, 11) is 0. The molecule has 2 fully saturated rings. The molecule has 0 unspecified atom stereocenters. The fourth-order valence-electron chi connectivity index (χ4n) is 4.39. The van der Waals surface area contributed by atoms with Crippen molar-refractivity contribution in [1.82, 2.24) is 14.9 Å². The summed E-state index contributed by atoms with van der Waals surface area (Å²) in [6, 6.07) is 3.90. The average Bonchev–Trinajstić information content (AvgIpc) is 3.62. The van der Waals surface area contributed by atoms with Gasteiger partial charge in [-0.1, -0.05) is 11.6 Å². The van der Waals surface area contributed by atoms with E-state index in [1.54, 1.807) is 10.6 Å². The Balaban J connectivity index is 1.82. The van der Waals surface area contributed by atoms with Crippen LogP contribution < -0.4 is 11.1 Å². The Bertz CT molecular complexity index is 1290. The van der Waals surface area contributed by atoms with Gasteiger partial charge in [-0.15, -0.1) is 0 Å². The number of benzene rings is 1. The van der Waals surface area contributed by atoms with Crippen molar-refractivity contribution in [3.05, 3.63) is 46.0 Å². The van der Waals surface area contributed by atoms with Crippen LogP contribution in [0.25, 0.3) is 22.2 Å². The van der Waals surface area contributed by atoms with E-state index in [1.807, 2.05) is 0 Å². The molecule has 0 saturated heterocycles. The molecule has 0 radical (unpaired) electrons. The van der Waals surface area contributed by atoms with Crippen LogP contribution >= 0.6 is 11.6 Å². The zero-order valence-electron chi connectivity index (χ0n) is 17.7. The lowest BCUT2D eigenvalue weighted by atomic mass is 10.00. The van der Waals surface area contributed by atoms with Crippen molar-refractivity contribution in [1.29, 1.82) is 0 Å². The van der Waals surface area contributed by atoms with E-state index in [-0.39, 0.29) is 35.6 Å². The molecule has 5 nitrogen and oxygen atoms in total. The Morgan fingerprint density at radius 1 is 1.24 bits per heavy atom. The van der Waals surface area contributed by atoms with Crippen molar-refractivity contribution >= 4 is 34.1 Å². The van der Waals surface area contributed by atoms with Crippen LogP contribution in [-0.4, -0.2) is 15.5 Å². The molecule has 33 heavy (non-hydrogen) atoms. The zero-order chi connectivity index (χ0) is 23.7. The van der Waals surface area contributed by atoms with Crippen LogP contribution in [0.4, 0.5) is 23.2 Å². The topological polar surface area (TPSA) is 72.9 Å². The number of anilines is 1. The molecule has 0 bridgehead atoms. The molecule has 1 aromatic carbocycles. The van der Waals surface area contributed by atoms with Crippen molar-refractivity contribution in [2.45, 2.75) is 57.3 Å². The number of nitrogen functional groups attached to an aromatic ring is 1. The maximum atomic E-state index is 16.1. The molecule has 0 atom stereocenters. The average molecular weight is 481 g/mol. The van der Waals surface area contributed by atoms with Crippen LogP contribution in [-0.2, 0) is 17.5 Å². The highest BCUT2D eigenvalue weighted by molar-refractivity contribution is 6.32. The summed E-state index contributed by atoms with van der Waals surface area (Å²) in [6.45, 7) is 1.58. The highest BCUT2D eigenvalue weighted by Gasteiger charge is 2.40. The van der Waals surface area contributed by atoms with E-state index in [0.29, 0.717) is 16.8 Å². The normalized spacial score (nSPS) is 16.4. The van der Waals surface area contributed by atoms with E-state index >= 15 is 4.39 Å². The van der Waals surface area contributed by atoms with E-state index in [9.17, 15) is 18.0 Å². The number of pyridine rings is 1. The first-order valence-corrected chi connectivity index (χ1v) is 11.1. The first-order valence-electron chi connectivity index (χ1n) is 10.7. The number of hydrogen-bond acceptors (Lipinski definition) is 3. The number of nitrogens with two attached hydrogens (primary N) is 1. The second kappa shape index (κ2) is 7.62. The standard InChI is InChI=1S/C23H21ClF4N4O/c1-10(33)30-9-14-8-16-20(11-2-3-11)31-21(19(25)22(16)32(14)13-4-5-13)15-6-12(29)7-17(24)18(15)23(26,27)28/h6-8,11,13H,2-5,9,29H2,1H3,(H,30,33). The molecule has 3 N–H and O–H groups in total. The van der Waals surface area contributed by atoms with Gasteiger partial charge in [-0.25, -0.2) is 9.37 Å². The predicted molar refractivity (Wildman–Crippen MR) is 117 cm³/mol. The molecule has 174 valence electrons. The van der Waals surface area contributed by atoms with Gasteiger partial charge in [-0.05, 0) is 43.9 Å². The number of carbonyl (C=O) groups excluding carboxylic acids is 1. The summed E-state index contributed by atoms with van der Waals surface area (Å²) in [5.41, 5.74) is 5.23. The van der Waals surface area contributed by atoms with Gasteiger partial charge in [-0.3, -0.25) is 4.79 Å². The molecule has 3 aromatic rings. The molecule has 5 rings (SSSR count). The van der Waals surface area contributed by atoms with Gasteiger partial charge in [0, 0.05) is 41.2 Å². The van der Waals surface area contributed by atoms with E-state index in [4.69, 9.17) is 17.3 Å². The summed E-state index contributed by atoms with van der Waals surface area (Å²) in [4.78, 5) is 15.9. The Morgan fingerprint density at radius 3 is 2.52 bits per heavy atom. The largest absolute Gasteiger partial charge is 0.418 e. The second-order valence-electron chi connectivity index (χ2n) is 8.77. The summed E-state index contributed by atoms with van der Waals surface area (Å²) < 4.78 is 59.7. The molecule has 10 heteroatoms. The maximum absolute atomic E-state index is 16.1. The summed E-state index contributed by atoms with van der Waals surface area (Å²) in [5, 5.41) is 2.71. The summed E-state index contributed by atoms with van der Waals surface area (Å²) in [5.74, 6) is -1.03. The molecule has 2 aliphatic carbocycles. The maximum Gasteiger partial charge on any atom is 0.418 e. The monoisotopic (exact) mass is 480 g/mol. The zero-order valence-corrected chi connectivity index (χ0v) is 18.4. The Hall–Kier alpha value is -2.81. The van der Waals surface area contributed by atoms with Gasteiger partial charge in [0.1, 0.15) is 5.69 Å².